The molecule has 2 fully saturated rings. The van der Waals surface area contributed by atoms with Crippen molar-refractivity contribution in [2.24, 2.45) is 0 Å². The molecule has 7 nitrogen and oxygen atoms in total. The van der Waals surface area contributed by atoms with Crippen molar-refractivity contribution in [2.45, 2.75) is 44.6 Å². The first-order valence-electron chi connectivity index (χ1n) is 11.5. The first kappa shape index (κ1) is 20.7. The maximum Gasteiger partial charge on any atom is 0.236 e. The van der Waals surface area contributed by atoms with Gasteiger partial charge in [-0.1, -0.05) is 18.2 Å². The van der Waals surface area contributed by atoms with Crippen molar-refractivity contribution in [1.82, 2.24) is 19.9 Å². The maximum absolute atomic E-state index is 11.6. The van der Waals surface area contributed by atoms with E-state index in [0.29, 0.717) is 5.88 Å². The monoisotopic (exact) mass is 431 g/mol. The highest BCUT2D eigenvalue weighted by molar-refractivity contribution is 5.80. The highest BCUT2D eigenvalue weighted by atomic mass is 16.5. The number of likely N-dealkylation sites (tertiary alicyclic amines) is 1. The topological polar surface area (TPSA) is 71.5 Å². The van der Waals surface area contributed by atoms with E-state index < -0.39 is 0 Å². The van der Waals surface area contributed by atoms with Crippen molar-refractivity contribution in [3.8, 4) is 5.88 Å². The molecule has 1 aromatic carbocycles. The van der Waals surface area contributed by atoms with E-state index in [1.807, 2.05) is 17.0 Å². The smallest absolute Gasteiger partial charge is 0.236 e. The summed E-state index contributed by atoms with van der Waals surface area (Å²) in [5.74, 6) is 2.12. The number of rotatable bonds is 4. The number of hydrogen-bond acceptors (Lipinski definition) is 6. The van der Waals surface area contributed by atoms with Gasteiger partial charge in [-0.3, -0.25) is 9.78 Å². The van der Waals surface area contributed by atoms with Crippen LogP contribution in [-0.4, -0.2) is 58.0 Å². The number of nitrogens with zero attached hydrogens (tertiary/aromatic N) is 5. The van der Waals surface area contributed by atoms with Crippen LogP contribution in [0.4, 0.5) is 5.82 Å². The van der Waals surface area contributed by atoms with Crippen molar-refractivity contribution in [2.75, 3.05) is 31.1 Å². The van der Waals surface area contributed by atoms with Crippen molar-refractivity contribution in [1.29, 1.82) is 0 Å². The number of piperidine rings is 2. The molecule has 2 aliphatic heterocycles. The summed E-state index contributed by atoms with van der Waals surface area (Å²) in [5, 5.41) is 1.17. The molecule has 4 heterocycles. The van der Waals surface area contributed by atoms with Crippen LogP contribution in [-0.2, 0) is 4.79 Å². The van der Waals surface area contributed by atoms with E-state index in [-0.39, 0.29) is 17.9 Å². The van der Waals surface area contributed by atoms with E-state index in [1.54, 1.807) is 19.3 Å². The molecule has 32 heavy (non-hydrogen) atoms. The number of carbonyl (C=O) groups excluding carboxylic acids is 1. The van der Waals surface area contributed by atoms with Gasteiger partial charge in [0.2, 0.25) is 11.8 Å². The van der Waals surface area contributed by atoms with Crippen LogP contribution in [0.25, 0.3) is 10.9 Å². The summed E-state index contributed by atoms with van der Waals surface area (Å²) < 4.78 is 6.37. The molecule has 2 aromatic heterocycles. The molecule has 0 radical (unpaired) electrons. The van der Waals surface area contributed by atoms with Crippen molar-refractivity contribution in [3.63, 3.8) is 0 Å². The molecule has 166 valence electrons. The molecule has 5 rings (SSSR count). The molecule has 0 saturated carbocycles. The first-order chi connectivity index (χ1) is 15.7. The van der Waals surface area contributed by atoms with Crippen LogP contribution in [0.5, 0.6) is 5.88 Å². The Balaban J connectivity index is 1.21. The molecule has 1 amide bonds. The second-order valence-electron chi connectivity index (χ2n) is 8.69. The molecule has 2 aliphatic rings. The van der Waals surface area contributed by atoms with Gasteiger partial charge in [-0.15, -0.1) is 0 Å². The lowest BCUT2D eigenvalue weighted by Crippen LogP contribution is -2.39. The van der Waals surface area contributed by atoms with E-state index in [2.05, 4.69) is 39.1 Å². The van der Waals surface area contributed by atoms with Gasteiger partial charge < -0.3 is 14.5 Å². The van der Waals surface area contributed by atoms with E-state index in [0.717, 1.165) is 68.9 Å². The minimum atomic E-state index is 0.125. The zero-order valence-corrected chi connectivity index (χ0v) is 18.5. The van der Waals surface area contributed by atoms with Gasteiger partial charge >= 0.3 is 0 Å². The molecule has 0 aliphatic carbocycles. The molecule has 0 unspecified atom stereocenters. The maximum atomic E-state index is 11.6. The molecule has 7 heteroatoms. The highest BCUT2D eigenvalue weighted by Crippen LogP contribution is 2.33. The second-order valence-corrected chi connectivity index (χ2v) is 8.69. The van der Waals surface area contributed by atoms with Crippen LogP contribution >= 0.6 is 0 Å². The lowest BCUT2D eigenvalue weighted by atomic mass is 9.93. The van der Waals surface area contributed by atoms with Crippen molar-refractivity contribution < 1.29 is 9.53 Å². The number of carbonyl (C=O) groups is 1. The molecular weight excluding hydrogens is 402 g/mol. The lowest BCUT2D eigenvalue weighted by Gasteiger charge is -2.34. The summed E-state index contributed by atoms with van der Waals surface area (Å²) in [6.07, 6.45) is 7.23. The minimum absolute atomic E-state index is 0.125. The third-order valence-corrected chi connectivity index (χ3v) is 6.65. The quantitative estimate of drug-likeness (QED) is 0.626. The first-order valence-corrected chi connectivity index (χ1v) is 11.5. The predicted molar refractivity (Wildman–Crippen MR) is 124 cm³/mol. The molecule has 0 bridgehead atoms. The minimum Gasteiger partial charge on any atom is -0.473 e. The number of amides is 1. The number of ether oxygens (including phenoxy) is 1. The third-order valence-electron chi connectivity index (χ3n) is 6.65. The molecule has 0 atom stereocenters. The van der Waals surface area contributed by atoms with Gasteiger partial charge in [-0.25, -0.2) is 9.97 Å². The zero-order chi connectivity index (χ0) is 21.9. The van der Waals surface area contributed by atoms with Gasteiger partial charge in [0.1, 0.15) is 17.6 Å². The molecular formula is C25H29N5O2. The fourth-order valence-electron chi connectivity index (χ4n) is 4.77. The van der Waals surface area contributed by atoms with Crippen LogP contribution in [0, 0.1) is 0 Å². The summed E-state index contributed by atoms with van der Waals surface area (Å²) in [4.78, 5) is 29.8. The van der Waals surface area contributed by atoms with Gasteiger partial charge in [0, 0.05) is 69.6 Å². The summed E-state index contributed by atoms with van der Waals surface area (Å²) in [6.45, 7) is 4.99. The molecule has 3 aromatic rings. The number of para-hydroxylation sites is 1. The van der Waals surface area contributed by atoms with Crippen LogP contribution < -0.4 is 9.64 Å². The van der Waals surface area contributed by atoms with E-state index >= 15 is 0 Å². The van der Waals surface area contributed by atoms with Gasteiger partial charge in [0.15, 0.2) is 0 Å². The van der Waals surface area contributed by atoms with Crippen LogP contribution in [0.3, 0.4) is 0 Å². The Kier molecular flexibility index (Phi) is 5.88. The van der Waals surface area contributed by atoms with E-state index in [4.69, 9.17) is 9.72 Å². The standard InChI is InChI=1S/C25H29N5O2/c1-18(31)29-14-8-20(9-15-29)24-25(27-13-12-26-24)32-21-10-16-30(17-11-21)23-7-6-19-4-2-3-5-22(19)28-23/h2-7,12-13,20-21H,8-11,14-17H2,1H3. The van der Waals surface area contributed by atoms with Crippen molar-refractivity contribution >= 4 is 22.6 Å². The number of fused-ring (bicyclic) bond motifs is 1. The Hall–Kier alpha value is -3.22. The number of pyridine rings is 1. The van der Waals surface area contributed by atoms with E-state index in [9.17, 15) is 4.79 Å². The Labute approximate surface area is 188 Å². The Morgan fingerprint density at radius 2 is 1.69 bits per heavy atom. The molecule has 0 N–H and O–H groups in total. The number of aromatic nitrogens is 3. The van der Waals surface area contributed by atoms with Crippen molar-refractivity contribution in [3.05, 3.63) is 54.5 Å². The molecule has 2 saturated heterocycles. The van der Waals surface area contributed by atoms with Crippen LogP contribution in [0.2, 0.25) is 0 Å². The van der Waals surface area contributed by atoms with E-state index in [1.165, 1.54) is 5.39 Å². The SMILES string of the molecule is CC(=O)N1CCC(c2nccnc2OC2CCN(c3ccc4ccccc4n3)CC2)CC1. The Bertz CT molecular complexity index is 1090. The van der Waals surface area contributed by atoms with Gasteiger partial charge in [-0.05, 0) is 31.0 Å². The normalized spacial score (nSPS) is 18.2. The lowest BCUT2D eigenvalue weighted by molar-refractivity contribution is -0.129. The second kappa shape index (κ2) is 9.10. The number of anilines is 1. The summed E-state index contributed by atoms with van der Waals surface area (Å²) in [7, 11) is 0. The zero-order valence-electron chi connectivity index (χ0n) is 18.5. The molecule has 0 spiro atoms. The summed E-state index contributed by atoms with van der Waals surface area (Å²) in [6, 6.07) is 12.5. The fraction of sp³-hybridized carbons (Fsp3) is 0.440. The highest BCUT2D eigenvalue weighted by Gasteiger charge is 2.28. The van der Waals surface area contributed by atoms with Gasteiger partial charge in [-0.2, -0.15) is 0 Å². The number of hydrogen-bond donors (Lipinski definition) is 0. The number of benzene rings is 1. The summed E-state index contributed by atoms with van der Waals surface area (Å²) in [5.41, 5.74) is 1.97. The Morgan fingerprint density at radius 1 is 0.938 bits per heavy atom. The average Bonchev–Trinajstić information content (AvgIpc) is 2.85. The predicted octanol–water partition coefficient (Wildman–Crippen LogP) is 3.80. The van der Waals surface area contributed by atoms with Crippen LogP contribution in [0.15, 0.2) is 48.8 Å². The summed E-state index contributed by atoms with van der Waals surface area (Å²) >= 11 is 0. The third kappa shape index (κ3) is 4.38. The van der Waals surface area contributed by atoms with Gasteiger partial charge in [0.25, 0.3) is 0 Å². The van der Waals surface area contributed by atoms with Gasteiger partial charge in [0.05, 0.1) is 5.52 Å². The largest absolute Gasteiger partial charge is 0.473 e. The average molecular weight is 432 g/mol. The van der Waals surface area contributed by atoms with Crippen LogP contribution in [0.1, 0.15) is 44.2 Å². The fourth-order valence-corrected chi connectivity index (χ4v) is 4.77. The Morgan fingerprint density at radius 3 is 2.47 bits per heavy atom.